The fourth-order valence-electron chi connectivity index (χ4n) is 2.73. The van der Waals surface area contributed by atoms with E-state index in [2.05, 4.69) is 4.99 Å². The van der Waals surface area contributed by atoms with Crippen molar-refractivity contribution in [3.8, 4) is 6.07 Å². The van der Waals surface area contributed by atoms with E-state index in [-0.39, 0.29) is 12.0 Å². The summed E-state index contributed by atoms with van der Waals surface area (Å²) in [5.74, 6) is -4.08. The van der Waals surface area contributed by atoms with Crippen molar-refractivity contribution >= 4 is 5.71 Å². The lowest BCUT2D eigenvalue weighted by atomic mass is 10.0. The van der Waals surface area contributed by atoms with Crippen LogP contribution in [0.2, 0.25) is 0 Å². The lowest BCUT2D eigenvalue weighted by molar-refractivity contribution is 0.445. The molecule has 1 unspecified atom stereocenters. The van der Waals surface area contributed by atoms with Crippen molar-refractivity contribution in [2.75, 3.05) is 0 Å². The van der Waals surface area contributed by atoms with Crippen LogP contribution in [0.4, 0.5) is 13.2 Å². The number of nitriles is 1. The monoisotopic (exact) mass is 364 g/mol. The predicted octanol–water partition coefficient (Wildman–Crippen LogP) is 5.08. The summed E-state index contributed by atoms with van der Waals surface area (Å²) >= 11 is 0. The molecule has 134 valence electrons. The zero-order chi connectivity index (χ0) is 19.2. The molecule has 0 saturated carbocycles. The second-order valence-electron chi connectivity index (χ2n) is 5.93. The number of halogens is 3. The molecule has 0 heterocycles. The maximum Gasteiger partial charge on any atom is 0.194 e. The minimum atomic E-state index is -1.52. The summed E-state index contributed by atoms with van der Waals surface area (Å²) < 4.78 is 40.0. The lowest BCUT2D eigenvalue weighted by Crippen LogP contribution is -2.13. The highest BCUT2D eigenvalue weighted by Gasteiger charge is 2.16. The van der Waals surface area contributed by atoms with Crippen LogP contribution in [-0.2, 0) is 6.42 Å². The molecule has 5 heteroatoms. The van der Waals surface area contributed by atoms with Gasteiger partial charge in [-0.05, 0) is 17.7 Å². The maximum absolute atomic E-state index is 13.5. The number of nitrogens with zero attached hydrogens (tertiary/aromatic N) is 2. The molecular formula is C22H15F3N2. The van der Waals surface area contributed by atoms with Crippen molar-refractivity contribution in [1.82, 2.24) is 0 Å². The second kappa shape index (κ2) is 8.33. The first-order valence-electron chi connectivity index (χ1n) is 8.30. The number of rotatable bonds is 5. The molecule has 3 aromatic rings. The molecule has 0 aliphatic heterocycles. The topological polar surface area (TPSA) is 36.1 Å². The normalized spacial score (nSPS) is 11.5. The van der Waals surface area contributed by atoms with Gasteiger partial charge in [-0.3, -0.25) is 4.99 Å². The van der Waals surface area contributed by atoms with Gasteiger partial charge < -0.3 is 0 Å². The number of hydrogen-bond acceptors (Lipinski definition) is 2. The Labute approximate surface area is 155 Å². The van der Waals surface area contributed by atoms with E-state index in [4.69, 9.17) is 0 Å². The van der Waals surface area contributed by atoms with Crippen LogP contribution in [0.25, 0.3) is 0 Å². The quantitative estimate of drug-likeness (QED) is 0.460. The first-order chi connectivity index (χ1) is 13.1. The predicted molar refractivity (Wildman–Crippen MR) is 97.9 cm³/mol. The van der Waals surface area contributed by atoms with E-state index in [1.54, 1.807) is 0 Å². The maximum atomic E-state index is 13.5. The van der Waals surface area contributed by atoms with Crippen LogP contribution in [0.15, 0.2) is 77.8 Å². The zero-order valence-electron chi connectivity index (χ0n) is 14.2. The van der Waals surface area contributed by atoms with Crippen LogP contribution in [-0.4, -0.2) is 11.8 Å². The van der Waals surface area contributed by atoms with Crippen molar-refractivity contribution in [3.05, 3.63) is 107 Å². The average Bonchev–Trinajstić information content (AvgIpc) is 2.70. The minimum Gasteiger partial charge on any atom is -0.265 e. The summed E-state index contributed by atoms with van der Waals surface area (Å²) in [6.07, 6.45) is -0.0339. The Kier molecular flexibility index (Phi) is 5.68. The van der Waals surface area contributed by atoms with Crippen molar-refractivity contribution in [3.63, 3.8) is 0 Å². The molecule has 0 N–H and O–H groups in total. The fourth-order valence-corrected chi connectivity index (χ4v) is 2.73. The molecule has 27 heavy (non-hydrogen) atoms. The highest BCUT2D eigenvalue weighted by atomic mass is 19.2. The number of hydrogen-bond donors (Lipinski definition) is 0. The van der Waals surface area contributed by atoms with Gasteiger partial charge in [-0.1, -0.05) is 60.7 Å². The van der Waals surface area contributed by atoms with E-state index in [1.165, 1.54) is 0 Å². The van der Waals surface area contributed by atoms with Gasteiger partial charge in [0.1, 0.15) is 6.04 Å². The SMILES string of the molecule is N#CC(Cc1cc(F)c(F)c(F)c1)N=C(c1ccccc1)c1ccccc1. The highest BCUT2D eigenvalue weighted by molar-refractivity contribution is 6.13. The van der Waals surface area contributed by atoms with Gasteiger partial charge in [0.2, 0.25) is 0 Å². The third-order valence-electron chi connectivity index (χ3n) is 4.00. The highest BCUT2D eigenvalue weighted by Crippen LogP contribution is 2.17. The molecule has 3 aromatic carbocycles. The summed E-state index contributed by atoms with van der Waals surface area (Å²) in [5.41, 5.74) is 2.41. The lowest BCUT2D eigenvalue weighted by Gasteiger charge is -2.11. The Morgan fingerprint density at radius 1 is 0.852 bits per heavy atom. The molecule has 0 aliphatic rings. The molecule has 0 amide bonds. The van der Waals surface area contributed by atoms with Gasteiger partial charge in [0.05, 0.1) is 11.8 Å². The molecular weight excluding hydrogens is 349 g/mol. The Bertz CT molecular complexity index is 929. The van der Waals surface area contributed by atoms with Crippen LogP contribution in [0.5, 0.6) is 0 Å². The summed E-state index contributed by atoms with van der Waals surface area (Å²) in [6.45, 7) is 0. The molecule has 0 fully saturated rings. The number of aliphatic imine (C=N–C) groups is 1. The standard InChI is InChI=1S/C22H15F3N2/c23-19-12-15(13-20(24)21(19)25)11-18(14-26)27-22(16-7-3-1-4-8-16)17-9-5-2-6-10-17/h1-10,12-13,18H,11H2. The molecule has 0 aromatic heterocycles. The second-order valence-corrected chi connectivity index (χ2v) is 5.93. The first-order valence-corrected chi connectivity index (χ1v) is 8.30. The summed E-state index contributed by atoms with van der Waals surface area (Å²) in [4.78, 5) is 4.53. The third-order valence-corrected chi connectivity index (χ3v) is 4.00. The van der Waals surface area contributed by atoms with Gasteiger partial charge in [0.25, 0.3) is 0 Å². The molecule has 0 saturated heterocycles. The van der Waals surface area contributed by atoms with Gasteiger partial charge in [0.15, 0.2) is 17.5 Å². The molecule has 0 radical (unpaired) electrons. The molecule has 0 spiro atoms. The van der Waals surface area contributed by atoms with Crippen LogP contribution in [0.3, 0.4) is 0 Å². The summed E-state index contributed by atoms with van der Waals surface area (Å²) in [6, 6.07) is 21.6. The van der Waals surface area contributed by atoms with Crippen LogP contribution < -0.4 is 0 Å². The van der Waals surface area contributed by atoms with Crippen LogP contribution >= 0.6 is 0 Å². The average molecular weight is 364 g/mol. The van der Waals surface area contributed by atoms with Gasteiger partial charge in [0, 0.05) is 17.5 Å². The van der Waals surface area contributed by atoms with Crippen molar-refractivity contribution in [2.24, 2.45) is 4.99 Å². The fraction of sp³-hybridized carbons (Fsp3) is 0.0909. The molecule has 3 rings (SSSR count). The van der Waals surface area contributed by atoms with Crippen molar-refractivity contribution < 1.29 is 13.2 Å². The number of benzene rings is 3. The van der Waals surface area contributed by atoms with E-state index in [9.17, 15) is 18.4 Å². The van der Waals surface area contributed by atoms with Crippen molar-refractivity contribution in [2.45, 2.75) is 12.5 Å². The Morgan fingerprint density at radius 3 is 1.78 bits per heavy atom. The molecule has 1 atom stereocenters. The Hall–Kier alpha value is -3.39. The van der Waals surface area contributed by atoms with Gasteiger partial charge in [-0.15, -0.1) is 0 Å². The Morgan fingerprint density at radius 2 is 1.33 bits per heavy atom. The van der Waals surface area contributed by atoms with Gasteiger partial charge >= 0.3 is 0 Å². The molecule has 0 bridgehead atoms. The van der Waals surface area contributed by atoms with Gasteiger partial charge in [-0.25, -0.2) is 13.2 Å². The molecule has 2 nitrogen and oxygen atoms in total. The van der Waals surface area contributed by atoms with E-state index >= 15 is 0 Å². The van der Waals surface area contributed by atoms with Crippen LogP contribution in [0.1, 0.15) is 16.7 Å². The molecule has 0 aliphatic carbocycles. The summed E-state index contributed by atoms with van der Waals surface area (Å²) in [7, 11) is 0. The Balaban J connectivity index is 1.99. The first kappa shape index (κ1) is 18.4. The summed E-state index contributed by atoms with van der Waals surface area (Å²) in [5, 5.41) is 9.50. The van der Waals surface area contributed by atoms with E-state index in [1.807, 2.05) is 66.7 Å². The van der Waals surface area contributed by atoms with E-state index < -0.39 is 23.5 Å². The van der Waals surface area contributed by atoms with Crippen molar-refractivity contribution in [1.29, 1.82) is 5.26 Å². The van der Waals surface area contributed by atoms with E-state index in [0.717, 1.165) is 23.3 Å². The minimum absolute atomic E-state index is 0.0339. The van der Waals surface area contributed by atoms with E-state index in [0.29, 0.717) is 5.71 Å². The zero-order valence-corrected chi connectivity index (χ0v) is 14.2. The van der Waals surface area contributed by atoms with Crippen LogP contribution in [0, 0.1) is 28.8 Å². The smallest absolute Gasteiger partial charge is 0.194 e. The third kappa shape index (κ3) is 4.42. The van der Waals surface area contributed by atoms with Gasteiger partial charge in [-0.2, -0.15) is 5.26 Å². The largest absolute Gasteiger partial charge is 0.265 e.